The van der Waals surface area contributed by atoms with E-state index in [4.69, 9.17) is 5.73 Å². The molecule has 1 aromatic rings. The molecule has 0 aromatic carbocycles. The molecule has 0 radical (unpaired) electrons. The van der Waals surface area contributed by atoms with Gasteiger partial charge in [0.25, 0.3) is 0 Å². The third-order valence-electron chi connectivity index (χ3n) is 3.40. The average molecular weight is 217 g/mol. The molecular weight excluding hydrogens is 198 g/mol. The molecule has 3 nitrogen and oxygen atoms in total. The molecule has 1 aliphatic carbocycles. The maximum Gasteiger partial charge on any atom is 0.115 e. The fourth-order valence-corrected chi connectivity index (χ4v) is 2.39. The maximum atomic E-state index is 5.69. The Morgan fingerprint density at radius 2 is 2.00 bits per heavy atom. The predicted molar refractivity (Wildman–Crippen MR) is 65.9 cm³/mol. The van der Waals surface area contributed by atoms with Crippen LogP contribution in [0, 0.1) is 19.8 Å². The van der Waals surface area contributed by atoms with Gasteiger partial charge in [-0.2, -0.15) is 0 Å². The third-order valence-corrected chi connectivity index (χ3v) is 3.40. The number of hydrogen-bond acceptors (Lipinski definition) is 3. The molecule has 16 heavy (non-hydrogen) atoms. The zero-order valence-corrected chi connectivity index (χ0v) is 10.0. The molecule has 0 saturated carbocycles. The van der Waals surface area contributed by atoms with Crippen LogP contribution in [0.5, 0.6) is 0 Å². The normalized spacial score (nSPS) is 20.7. The summed E-state index contributed by atoms with van der Waals surface area (Å²) in [5.74, 6) is 0.661. The first kappa shape index (κ1) is 11.3. The third kappa shape index (κ3) is 2.14. The van der Waals surface area contributed by atoms with Gasteiger partial charge in [-0.3, -0.25) is 0 Å². The summed E-state index contributed by atoms with van der Waals surface area (Å²) >= 11 is 0. The van der Waals surface area contributed by atoms with Crippen molar-refractivity contribution in [2.24, 2.45) is 11.7 Å². The van der Waals surface area contributed by atoms with Gasteiger partial charge in [0.1, 0.15) is 6.33 Å². The molecule has 2 N–H and O–H groups in total. The van der Waals surface area contributed by atoms with Crippen molar-refractivity contribution >= 4 is 5.57 Å². The zero-order valence-electron chi connectivity index (χ0n) is 10.0. The SMILES string of the molecule is Cc1ncnc(C)c1C1=CCC(CN)CC1. The Morgan fingerprint density at radius 1 is 1.31 bits per heavy atom. The molecule has 86 valence electrons. The molecule has 2 rings (SSSR count). The van der Waals surface area contributed by atoms with Crippen LogP contribution < -0.4 is 5.73 Å². The molecule has 0 amide bonds. The maximum absolute atomic E-state index is 5.69. The molecule has 0 spiro atoms. The van der Waals surface area contributed by atoms with Gasteiger partial charge in [-0.1, -0.05) is 6.08 Å². The van der Waals surface area contributed by atoms with E-state index in [0.717, 1.165) is 30.8 Å². The van der Waals surface area contributed by atoms with Gasteiger partial charge in [0.2, 0.25) is 0 Å². The lowest BCUT2D eigenvalue weighted by molar-refractivity contribution is 0.496. The van der Waals surface area contributed by atoms with Crippen LogP contribution in [-0.2, 0) is 0 Å². The number of aromatic nitrogens is 2. The van der Waals surface area contributed by atoms with Crippen molar-refractivity contribution in [2.75, 3.05) is 6.54 Å². The topological polar surface area (TPSA) is 51.8 Å². The Bertz CT molecular complexity index is 389. The van der Waals surface area contributed by atoms with Gasteiger partial charge < -0.3 is 5.73 Å². The monoisotopic (exact) mass is 217 g/mol. The van der Waals surface area contributed by atoms with Crippen molar-refractivity contribution in [1.29, 1.82) is 0 Å². The van der Waals surface area contributed by atoms with Crippen LogP contribution in [0.15, 0.2) is 12.4 Å². The van der Waals surface area contributed by atoms with Crippen LogP contribution in [0.25, 0.3) is 5.57 Å². The van der Waals surface area contributed by atoms with Crippen molar-refractivity contribution in [2.45, 2.75) is 33.1 Å². The van der Waals surface area contributed by atoms with Gasteiger partial charge in [-0.25, -0.2) is 9.97 Å². The summed E-state index contributed by atoms with van der Waals surface area (Å²) in [5, 5.41) is 0. The van der Waals surface area contributed by atoms with Crippen LogP contribution in [-0.4, -0.2) is 16.5 Å². The van der Waals surface area contributed by atoms with Gasteiger partial charge in [0.15, 0.2) is 0 Å². The molecule has 1 atom stereocenters. The van der Waals surface area contributed by atoms with E-state index in [1.807, 2.05) is 0 Å². The van der Waals surface area contributed by atoms with Crippen LogP contribution in [0.3, 0.4) is 0 Å². The highest BCUT2D eigenvalue weighted by Gasteiger charge is 2.17. The van der Waals surface area contributed by atoms with Gasteiger partial charge in [-0.05, 0) is 51.1 Å². The van der Waals surface area contributed by atoms with Crippen LogP contribution >= 0.6 is 0 Å². The average Bonchev–Trinajstić information content (AvgIpc) is 2.30. The molecule has 0 aliphatic heterocycles. The van der Waals surface area contributed by atoms with E-state index in [2.05, 4.69) is 29.9 Å². The lowest BCUT2D eigenvalue weighted by Gasteiger charge is -2.21. The summed E-state index contributed by atoms with van der Waals surface area (Å²) in [6.07, 6.45) is 7.35. The van der Waals surface area contributed by atoms with Crippen LogP contribution in [0.2, 0.25) is 0 Å². The second-order valence-electron chi connectivity index (χ2n) is 4.52. The number of nitrogens with two attached hydrogens (primary N) is 1. The van der Waals surface area contributed by atoms with Gasteiger partial charge in [0.05, 0.1) is 0 Å². The number of aryl methyl sites for hydroxylation is 2. The summed E-state index contributed by atoms with van der Waals surface area (Å²) in [6, 6.07) is 0. The summed E-state index contributed by atoms with van der Waals surface area (Å²) in [4.78, 5) is 8.56. The molecule has 1 heterocycles. The van der Waals surface area contributed by atoms with E-state index in [1.165, 1.54) is 17.6 Å². The van der Waals surface area contributed by atoms with Gasteiger partial charge >= 0.3 is 0 Å². The molecular formula is C13H19N3. The first-order valence-corrected chi connectivity index (χ1v) is 5.90. The minimum Gasteiger partial charge on any atom is -0.330 e. The minimum atomic E-state index is 0.661. The Labute approximate surface area is 96.8 Å². The highest BCUT2D eigenvalue weighted by atomic mass is 14.8. The molecule has 0 fully saturated rings. The number of nitrogens with zero attached hydrogens (tertiary/aromatic N) is 2. The lowest BCUT2D eigenvalue weighted by atomic mass is 9.86. The van der Waals surface area contributed by atoms with E-state index >= 15 is 0 Å². The Kier molecular flexibility index (Phi) is 3.34. The number of allylic oxidation sites excluding steroid dienone is 2. The summed E-state index contributed by atoms with van der Waals surface area (Å²) in [6.45, 7) is 4.91. The van der Waals surface area contributed by atoms with Crippen molar-refractivity contribution in [3.8, 4) is 0 Å². The number of rotatable bonds is 2. The highest BCUT2D eigenvalue weighted by Crippen LogP contribution is 2.31. The molecule has 1 unspecified atom stereocenters. The van der Waals surface area contributed by atoms with E-state index < -0.39 is 0 Å². The van der Waals surface area contributed by atoms with Crippen molar-refractivity contribution in [1.82, 2.24) is 9.97 Å². The summed E-state index contributed by atoms with van der Waals surface area (Å²) in [7, 11) is 0. The lowest BCUT2D eigenvalue weighted by Crippen LogP contribution is -2.16. The first-order valence-electron chi connectivity index (χ1n) is 5.90. The largest absolute Gasteiger partial charge is 0.330 e. The molecule has 3 heteroatoms. The Hall–Kier alpha value is -1.22. The van der Waals surface area contributed by atoms with Crippen molar-refractivity contribution < 1.29 is 0 Å². The summed E-state index contributed by atoms with van der Waals surface area (Å²) in [5.41, 5.74) is 10.5. The van der Waals surface area contributed by atoms with Crippen molar-refractivity contribution in [3.63, 3.8) is 0 Å². The van der Waals surface area contributed by atoms with E-state index in [-0.39, 0.29) is 0 Å². The van der Waals surface area contributed by atoms with Gasteiger partial charge in [-0.15, -0.1) is 0 Å². The Morgan fingerprint density at radius 3 is 2.50 bits per heavy atom. The van der Waals surface area contributed by atoms with E-state index in [9.17, 15) is 0 Å². The quantitative estimate of drug-likeness (QED) is 0.826. The second kappa shape index (κ2) is 4.74. The zero-order chi connectivity index (χ0) is 11.5. The van der Waals surface area contributed by atoms with Crippen LogP contribution in [0.4, 0.5) is 0 Å². The standard InChI is InChI=1S/C13H19N3/c1-9-13(10(2)16-8-15-9)12-5-3-11(7-14)4-6-12/h5,8,11H,3-4,6-7,14H2,1-2H3. The van der Waals surface area contributed by atoms with Crippen molar-refractivity contribution in [3.05, 3.63) is 29.4 Å². The second-order valence-corrected chi connectivity index (χ2v) is 4.52. The Balaban J connectivity index is 2.29. The smallest absolute Gasteiger partial charge is 0.115 e. The first-order chi connectivity index (χ1) is 7.72. The van der Waals surface area contributed by atoms with E-state index in [0.29, 0.717) is 5.92 Å². The van der Waals surface area contributed by atoms with E-state index in [1.54, 1.807) is 6.33 Å². The predicted octanol–water partition coefficient (Wildman–Crippen LogP) is 2.24. The summed E-state index contributed by atoms with van der Waals surface area (Å²) < 4.78 is 0. The van der Waals surface area contributed by atoms with Gasteiger partial charge in [0, 0.05) is 17.0 Å². The van der Waals surface area contributed by atoms with Crippen LogP contribution in [0.1, 0.15) is 36.2 Å². The fourth-order valence-electron chi connectivity index (χ4n) is 2.39. The minimum absolute atomic E-state index is 0.661. The molecule has 1 aromatic heterocycles. The number of hydrogen-bond donors (Lipinski definition) is 1. The molecule has 0 bridgehead atoms. The molecule has 0 saturated heterocycles. The highest BCUT2D eigenvalue weighted by molar-refractivity contribution is 5.69. The fraction of sp³-hybridized carbons (Fsp3) is 0.538. The molecule has 1 aliphatic rings.